The number of hydrogen-bond donors (Lipinski definition) is 0. The number of rotatable bonds is 4. The molecule has 2 saturated heterocycles. The lowest BCUT2D eigenvalue weighted by Gasteiger charge is -2.36. The summed E-state index contributed by atoms with van der Waals surface area (Å²) in [5.74, 6) is 1.45. The van der Waals surface area contributed by atoms with Crippen LogP contribution in [0.4, 0.5) is 0 Å². The van der Waals surface area contributed by atoms with Crippen LogP contribution >= 0.6 is 0 Å². The predicted molar refractivity (Wildman–Crippen MR) is 95.2 cm³/mol. The van der Waals surface area contributed by atoms with Crippen molar-refractivity contribution in [3.63, 3.8) is 0 Å². The van der Waals surface area contributed by atoms with Gasteiger partial charge in [-0.05, 0) is 45.1 Å². The molecule has 4 rings (SSSR count). The summed E-state index contributed by atoms with van der Waals surface area (Å²) >= 11 is 0. The minimum absolute atomic E-state index is 0.0466. The fraction of sp³-hybridized carbons (Fsp3) is 0.789. The number of amides is 1. The van der Waals surface area contributed by atoms with Crippen LogP contribution in [0.5, 0.6) is 0 Å². The minimum atomic E-state index is 0.0466. The number of likely N-dealkylation sites (N-methyl/N-ethyl adjacent to an activating group) is 1. The zero-order valence-electron chi connectivity index (χ0n) is 15.3. The highest BCUT2D eigenvalue weighted by Gasteiger charge is 2.37. The molecule has 6 heteroatoms. The second-order valence-corrected chi connectivity index (χ2v) is 7.73. The zero-order chi connectivity index (χ0) is 17.2. The molecule has 6 nitrogen and oxygen atoms in total. The highest BCUT2D eigenvalue weighted by Crippen LogP contribution is 2.27. The van der Waals surface area contributed by atoms with Crippen LogP contribution in [-0.4, -0.2) is 64.1 Å². The number of aryl methyl sites for hydroxylation is 2. The predicted octanol–water partition coefficient (Wildman–Crippen LogP) is 1.82. The van der Waals surface area contributed by atoms with Crippen LogP contribution in [-0.2, 0) is 29.0 Å². The number of ether oxygens (including phenoxy) is 1. The van der Waals surface area contributed by atoms with E-state index in [0.29, 0.717) is 12.6 Å². The summed E-state index contributed by atoms with van der Waals surface area (Å²) in [5, 5.41) is 0. The van der Waals surface area contributed by atoms with Gasteiger partial charge in [-0.3, -0.25) is 9.69 Å². The van der Waals surface area contributed by atoms with Gasteiger partial charge in [-0.1, -0.05) is 0 Å². The van der Waals surface area contributed by atoms with Gasteiger partial charge in [0.15, 0.2) is 0 Å². The van der Waals surface area contributed by atoms with Gasteiger partial charge in [-0.25, -0.2) is 4.98 Å². The Kier molecular flexibility index (Phi) is 5.08. The van der Waals surface area contributed by atoms with Gasteiger partial charge >= 0.3 is 0 Å². The van der Waals surface area contributed by atoms with Crippen LogP contribution in [0.3, 0.4) is 0 Å². The van der Waals surface area contributed by atoms with Crippen LogP contribution in [0, 0.1) is 0 Å². The quantitative estimate of drug-likeness (QED) is 0.834. The summed E-state index contributed by atoms with van der Waals surface area (Å²) < 4.78 is 7.75. The van der Waals surface area contributed by atoms with Gasteiger partial charge in [0.05, 0.1) is 18.3 Å². The molecule has 0 N–H and O–H groups in total. The van der Waals surface area contributed by atoms with E-state index in [2.05, 4.69) is 15.7 Å². The van der Waals surface area contributed by atoms with Crippen molar-refractivity contribution in [3.05, 3.63) is 17.7 Å². The Morgan fingerprint density at radius 2 is 2.08 bits per heavy atom. The lowest BCUT2D eigenvalue weighted by atomic mass is 10.1. The van der Waals surface area contributed by atoms with Gasteiger partial charge in [0.1, 0.15) is 5.82 Å². The largest absolute Gasteiger partial charge is 0.381 e. The van der Waals surface area contributed by atoms with E-state index in [9.17, 15) is 4.79 Å². The van der Waals surface area contributed by atoms with Gasteiger partial charge < -0.3 is 14.2 Å². The Balaban J connectivity index is 1.39. The average Bonchev–Trinajstić information content (AvgIpc) is 3.28. The number of carbonyl (C=O) groups is 1. The van der Waals surface area contributed by atoms with Gasteiger partial charge in [0.2, 0.25) is 5.91 Å². The summed E-state index contributed by atoms with van der Waals surface area (Å²) in [4.78, 5) is 22.1. The summed E-state index contributed by atoms with van der Waals surface area (Å²) in [6.45, 7) is 4.40. The summed E-state index contributed by atoms with van der Waals surface area (Å²) in [7, 11) is 1.93. The average molecular weight is 346 g/mol. The van der Waals surface area contributed by atoms with Crippen molar-refractivity contribution in [2.45, 2.75) is 70.1 Å². The molecular weight excluding hydrogens is 316 g/mol. The Labute approximate surface area is 150 Å². The molecule has 0 spiro atoms. The molecule has 138 valence electrons. The second-order valence-electron chi connectivity index (χ2n) is 7.73. The number of nitrogens with zero attached hydrogens (tertiary/aromatic N) is 4. The molecule has 4 heterocycles. The Morgan fingerprint density at radius 1 is 1.24 bits per heavy atom. The van der Waals surface area contributed by atoms with Gasteiger partial charge in [-0.15, -0.1) is 0 Å². The van der Waals surface area contributed by atoms with Gasteiger partial charge in [-0.2, -0.15) is 0 Å². The molecule has 2 fully saturated rings. The molecule has 1 unspecified atom stereocenters. The molecule has 3 aliphatic heterocycles. The van der Waals surface area contributed by atoms with E-state index in [4.69, 9.17) is 9.72 Å². The number of carbonyl (C=O) groups excluding carboxylic acids is 1. The van der Waals surface area contributed by atoms with Crippen LogP contribution in [0.1, 0.15) is 50.0 Å². The van der Waals surface area contributed by atoms with Crippen molar-refractivity contribution in [1.82, 2.24) is 19.4 Å². The first-order valence-corrected chi connectivity index (χ1v) is 9.86. The molecule has 25 heavy (non-hydrogen) atoms. The number of imidazole rings is 1. The van der Waals surface area contributed by atoms with Crippen molar-refractivity contribution in [2.24, 2.45) is 0 Å². The first-order valence-electron chi connectivity index (χ1n) is 9.86. The standard InChI is InChI=1S/C19H30N4O2/c1-21(13-15-14-22-9-3-2-6-18(22)20-15)19(24)17-5-4-10-23(17)16-7-11-25-12-8-16/h14,16-17H,2-13H2,1H3. The van der Waals surface area contributed by atoms with Crippen LogP contribution in [0.2, 0.25) is 0 Å². The van der Waals surface area contributed by atoms with Crippen LogP contribution < -0.4 is 0 Å². The smallest absolute Gasteiger partial charge is 0.240 e. The van der Waals surface area contributed by atoms with Gasteiger partial charge in [0, 0.05) is 45.5 Å². The third-order valence-corrected chi connectivity index (χ3v) is 5.97. The molecule has 0 saturated carbocycles. The van der Waals surface area contributed by atoms with Crippen molar-refractivity contribution in [3.8, 4) is 0 Å². The first-order chi connectivity index (χ1) is 12.2. The maximum Gasteiger partial charge on any atom is 0.240 e. The van der Waals surface area contributed by atoms with Crippen molar-refractivity contribution in [1.29, 1.82) is 0 Å². The monoisotopic (exact) mass is 346 g/mol. The molecule has 0 aromatic carbocycles. The van der Waals surface area contributed by atoms with Crippen LogP contribution in [0.25, 0.3) is 0 Å². The lowest BCUT2D eigenvalue weighted by Crippen LogP contribution is -2.49. The first kappa shape index (κ1) is 17.0. The van der Waals surface area contributed by atoms with E-state index in [1.54, 1.807) is 0 Å². The molecule has 1 aromatic rings. The van der Waals surface area contributed by atoms with E-state index >= 15 is 0 Å². The Bertz CT molecular complexity index is 585. The van der Waals surface area contributed by atoms with Crippen molar-refractivity contribution < 1.29 is 9.53 Å². The van der Waals surface area contributed by atoms with E-state index in [-0.39, 0.29) is 11.9 Å². The maximum absolute atomic E-state index is 13.1. The highest BCUT2D eigenvalue weighted by atomic mass is 16.5. The number of fused-ring (bicyclic) bond motifs is 1. The summed E-state index contributed by atoms with van der Waals surface area (Å²) in [6, 6.07) is 0.559. The molecule has 1 amide bonds. The summed E-state index contributed by atoms with van der Waals surface area (Å²) in [6.07, 6.45) is 9.90. The molecule has 0 radical (unpaired) electrons. The molecule has 0 aliphatic carbocycles. The maximum atomic E-state index is 13.1. The second kappa shape index (κ2) is 7.46. The van der Waals surface area contributed by atoms with E-state index in [0.717, 1.165) is 64.1 Å². The normalized spacial score (nSPS) is 25.1. The molecule has 0 bridgehead atoms. The SMILES string of the molecule is CN(Cc1cn2c(n1)CCCC2)C(=O)C1CCCN1C1CCOCC1. The number of aromatic nitrogens is 2. The van der Waals surface area contributed by atoms with Crippen molar-refractivity contribution in [2.75, 3.05) is 26.8 Å². The fourth-order valence-electron chi connectivity index (χ4n) is 4.63. The molecule has 3 aliphatic rings. The topological polar surface area (TPSA) is 50.6 Å². The highest BCUT2D eigenvalue weighted by molar-refractivity contribution is 5.82. The zero-order valence-corrected chi connectivity index (χ0v) is 15.3. The number of likely N-dealkylation sites (tertiary alicyclic amines) is 1. The van der Waals surface area contributed by atoms with Crippen LogP contribution in [0.15, 0.2) is 6.20 Å². The number of hydrogen-bond acceptors (Lipinski definition) is 4. The minimum Gasteiger partial charge on any atom is -0.381 e. The molecule has 1 aromatic heterocycles. The summed E-state index contributed by atoms with van der Waals surface area (Å²) in [5.41, 5.74) is 1.03. The van der Waals surface area contributed by atoms with Gasteiger partial charge in [0.25, 0.3) is 0 Å². The van der Waals surface area contributed by atoms with E-state index in [1.165, 1.54) is 18.7 Å². The van der Waals surface area contributed by atoms with E-state index in [1.807, 2.05) is 11.9 Å². The molecular formula is C19H30N4O2. The third-order valence-electron chi connectivity index (χ3n) is 5.97. The fourth-order valence-corrected chi connectivity index (χ4v) is 4.63. The Hall–Kier alpha value is -1.40. The lowest BCUT2D eigenvalue weighted by molar-refractivity contribution is -0.136. The van der Waals surface area contributed by atoms with Crippen molar-refractivity contribution >= 4 is 5.91 Å². The van der Waals surface area contributed by atoms with E-state index < -0.39 is 0 Å². The molecule has 1 atom stereocenters. The Morgan fingerprint density at radius 3 is 2.88 bits per heavy atom. The third kappa shape index (κ3) is 3.60.